The van der Waals surface area contributed by atoms with Crippen LogP contribution in [0.25, 0.3) is 5.76 Å². The van der Waals surface area contributed by atoms with Gasteiger partial charge in [0.15, 0.2) is 0 Å². The lowest BCUT2D eigenvalue weighted by Gasteiger charge is -2.25. The van der Waals surface area contributed by atoms with E-state index in [2.05, 4.69) is 0 Å². The number of Topliss-reactive ketones (excluding diaryl/α,β-unsaturated/α-hetero) is 1. The molecule has 0 spiro atoms. The molecule has 0 bridgehead atoms. The lowest BCUT2D eigenvalue weighted by molar-refractivity contribution is -0.140. The molecule has 2 N–H and O–H groups in total. The molecule has 170 valence electrons. The van der Waals surface area contributed by atoms with Gasteiger partial charge in [-0.2, -0.15) is 0 Å². The Bertz CT molecular complexity index is 1030. The number of carbonyl (C=O) groups excluding carboxylic acids is 2. The number of benzene rings is 2. The molecule has 1 saturated heterocycles. The molecule has 2 aromatic rings. The number of hydrogen-bond acceptors (Lipinski definition) is 6. The molecule has 0 saturated carbocycles. The highest BCUT2D eigenvalue weighted by atomic mass is 16.5. The molecule has 0 aromatic heterocycles. The highest BCUT2D eigenvalue weighted by molar-refractivity contribution is 6.46. The minimum Gasteiger partial charge on any atom is -0.508 e. The number of phenols is 1. The number of carbonyl (C=O) groups is 2. The Morgan fingerprint density at radius 3 is 2.41 bits per heavy atom. The number of rotatable bonds is 8. The number of methoxy groups -OCH3 is 1. The molecule has 1 atom stereocenters. The average molecular weight is 440 g/mol. The van der Waals surface area contributed by atoms with Crippen molar-refractivity contribution in [2.24, 2.45) is 0 Å². The minimum atomic E-state index is -0.767. The number of aromatic hydroxyl groups is 1. The second-order valence-electron chi connectivity index (χ2n) is 8.04. The van der Waals surface area contributed by atoms with Gasteiger partial charge in [-0.25, -0.2) is 0 Å². The number of ketones is 1. The van der Waals surface area contributed by atoms with Crippen LogP contribution in [-0.2, 0) is 14.3 Å². The summed E-state index contributed by atoms with van der Waals surface area (Å²) >= 11 is 0. The molecule has 0 radical (unpaired) electrons. The molecule has 7 heteroatoms. The monoisotopic (exact) mass is 439 g/mol. The standard InChI is InChI=1S/C25H29NO6/c1-15(2)32-13-5-12-26-22(17-6-9-19(27)10-7-17)21(24(29)25(26)30)23(28)18-8-11-20(31-4)16(3)14-18/h6-11,14-15,22,27-28H,5,12-13H2,1-4H3/b23-21-. The number of aliphatic hydroxyl groups is 1. The van der Waals surface area contributed by atoms with Crippen molar-refractivity contribution in [3.8, 4) is 11.5 Å². The molecule has 32 heavy (non-hydrogen) atoms. The molecule has 1 unspecified atom stereocenters. The van der Waals surface area contributed by atoms with Crippen molar-refractivity contribution in [1.82, 2.24) is 4.90 Å². The zero-order chi connectivity index (χ0) is 23.4. The van der Waals surface area contributed by atoms with E-state index in [4.69, 9.17) is 9.47 Å². The number of aryl methyl sites for hydroxylation is 1. The van der Waals surface area contributed by atoms with Crippen LogP contribution in [0.4, 0.5) is 0 Å². The van der Waals surface area contributed by atoms with Crippen molar-refractivity contribution in [3.63, 3.8) is 0 Å². The van der Waals surface area contributed by atoms with E-state index >= 15 is 0 Å². The Balaban J connectivity index is 2.04. The minimum absolute atomic E-state index is 0.0232. The molecule has 7 nitrogen and oxygen atoms in total. The van der Waals surface area contributed by atoms with Crippen LogP contribution < -0.4 is 4.74 Å². The third kappa shape index (κ3) is 4.78. The van der Waals surface area contributed by atoms with Crippen LogP contribution in [-0.4, -0.2) is 53.2 Å². The first kappa shape index (κ1) is 23.3. The predicted molar refractivity (Wildman–Crippen MR) is 121 cm³/mol. The van der Waals surface area contributed by atoms with E-state index in [1.165, 1.54) is 17.0 Å². The van der Waals surface area contributed by atoms with Gasteiger partial charge >= 0.3 is 0 Å². The van der Waals surface area contributed by atoms with Gasteiger partial charge in [-0.15, -0.1) is 0 Å². The van der Waals surface area contributed by atoms with Crippen molar-refractivity contribution in [2.45, 2.75) is 39.3 Å². The first-order valence-electron chi connectivity index (χ1n) is 10.6. The summed E-state index contributed by atoms with van der Waals surface area (Å²) in [6, 6.07) is 10.6. The topological polar surface area (TPSA) is 96.3 Å². The number of aliphatic hydroxyl groups excluding tert-OH is 1. The van der Waals surface area contributed by atoms with Gasteiger partial charge in [-0.05, 0) is 68.7 Å². The largest absolute Gasteiger partial charge is 0.508 e. The van der Waals surface area contributed by atoms with Crippen molar-refractivity contribution >= 4 is 17.4 Å². The van der Waals surface area contributed by atoms with Crippen molar-refractivity contribution in [3.05, 3.63) is 64.7 Å². The van der Waals surface area contributed by atoms with Crippen LogP contribution in [0.15, 0.2) is 48.0 Å². The summed E-state index contributed by atoms with van der Waals surface area (Å²) in [6.45, 7) is 6.43. The molecule has 3 rings (SSSR count). The van der Waals surface area contributed by atoms with Gasteiger partial charge in [0.25, 0.3) is 11.7 Å². The third-order valence-corrected chi connectivity index (χ3v) is 5.41. The van der Waals surface area contributed by atoms with E-state index in [9.17, 15) is 19.8 Å². The van der Waals surface area contributed by atoms with Crippen LogP contribution in [0.2, 0.25) is 0 Å². The number of amides is 1. The number of phenolic OH excluding ortho intramolecular Hbond substituents is 1. The van der Waals surface area contributed by atoms with Gasteiger partial charge in [0.1, 0.15) is 17.3 Å². The molecule has 1 aliphatic rings. The van der Waals surface area contributed by atoms with E-state index in [1.54, 1.807) is 37.4 Å². The maximum Gasteiger partial charge on any atom is 0.295 e. The van der Waals surface area contributed by atoms with E-state index in [0.29, 0.717) is 36.4 Å². The van der Waals surface area contributed by atoms with Crippen LogP contribution in [0, 0.1) is 6.92 Å². The van der Waals surface area contributed by atoms with Gasteiger partial charge < -0.3 is 24.6 Å². The highest BCUT2D eigenvalue weighted by Gasteiger charge is 2.45. The quantitative estimate of drug-likeness (QED) is 0.280. The highest BCUT2D eigenvalue weighted by Crippen LogP contribution is 2.40. The summed E-state index contributed by atoms with van der Waals surface area (Å²) in [5.41, 5.74) is 1.86. The van der Waals surface area contributed by atoms with E-state index in [1.807, 2.05) is 20.8 Å². The summed E-state index contributed by atoms with van der Waals surface area (Å²) < 4.78 is 10.8. The second-order valence-corrected chi connectivity index (χ2v) is 8.04. The van der Waals surface area contributed by atoms with Crippen LogP contribution in [0.1, 0.15) is 43.0 Å². The maximum atomic E-state index is 13.0. The first-order chi connectivity index (χ1) is 15.2. The molecule has 1 aliphatic heterocycles. The Morgan fingerprint density at radius 2 is 1.81 bits per heavy atom. The SMILES string of the molecule is COc1ccc(/C(O)=C2/C(=O)C(=O)N(CCCOC(C)C)C2c2ccc(O)cc2)cc1C. The normalized spacial score (nSPS) is 17.9. The summed E-state index contributed by atoms with van der Waals surface area (Å²) in [4.78, 5) is 27.4. The molecule has 0 aliphatic carbocycles. The summed E-state index contributed by atoms with van der Waals surface area (Å²) in [7, 11) is 1.56. The van der Waals surface area contributed by atoms with Gasteiger partial charge in [-0.1, -0.05) is 12.1 Å². The summed E-state index contributed by atoms with van der Waals surface area (Å²) in [5, 5.41) is 20.8. The molecule has 2 aromatic carbocycles. The van der Waals surface area contributed by atoms with Gasteiger partial charge in [0.2, 0.25) is 0 Å². The molecule has 1 amide bonds. The Hall–Kier alpha value is -3.32. The number of nitrogens with zero attached hydrogens (tertiary/aromatic N) is 1. The van der Waals surface area contributed by atoms with Crippen molar-refractivity contribution in [1.29, 1.82) is 0 Å². The molecule has 1 heterocycles. The number of likely N-dealkylation sites (tertiary alicyclic amines) is 1. The Labute approximate surface area is 187 Å². The van der Waals surface area contributed by atoms with E-state index in [-0.39, 0.29) is 23.2 Å². The van der Waals surface area contributed by atoms with Gasteiger partial charge in [0, 0.05) is 18.7 Å². The smallest absolute Gasteiger partial charge is 0.295 e. The number of ether oxygens (including phenoxy) is 2. The van der Waals surface area contributed by atoms with Crippen molar-refractivity contribution < 1.29 is 29.3 Å². The Kier molecular flexibility index (Phi) is 7.20. The lowest BCUT2D eigenvalue weighted by Crippen LogP contribution is -2.31. The molecular formula is C25H29NO6. The van der Waals surface area contributed by atoms with Crippen LogP contribution in [0.3, 0.4) is 0 Å². The second kappa shape index (κ2) is 9.87. The van der Waals surface area contributed by atoms with Gasteiger partial charge in [-0.3, -0.25) is 9.59 Å². The average Bonchev–Trinajstić information content (AvgIpc) is 3.01. The summed E-state index contributed by atoms with van der Waals surface area (Å²) in [6.07, 6.45) is 0.609. The van der Waals surface area contributed by atoms with Crippen LogP contribution in [0.5, 0.6) is 11.5 Å². The molecular weight excluding hydrogens is 410 g/mol. The Morgan fingerprint density at radius 1 is 1.12 bits per heavy atom. The zero-order valence-corrected chi connectivity index (χ0v) is 18.8. The van der Waals surface area contributed by atoms with E-state index < -0.39 is 17.7 Å². The fourth-order valence-corrected chi connectivity index (χ4v) is 3.85. The van der Waals surface area contributed by atoms with E-state index in [0.717, 1.165) is 5.56 Å². The molecule has 1 fully saturated rings. The fraction of sp³-hybridized carbons (Fsp3) is 0.360. The zero-order valence-electron chi connectivity index (χ0n) is 18.8. The van der Waals surface area contributed by atoms with Gasteiger partial charge in [0.05, 0.1) is 24.8 Å². The predicted octanol–water partition coefficient (Wildman–Crippen LogP) is 3.95. The number of hydrogen-bond donors (Lipinski definition) is 2. The van der Waals surface area contributed by atoms with Crippen LogP contribution >= 0.6 is 0 Å². The lowest BCUT2D eigenvalue weighted by atomic mass is 9.94. The van der Waals surface area contributed by atoms with Crippen molar-refractivity contribution in [2.75, 3.05) is 20.3 Å². The maximum absolute atomic E-state index is 13.0. The summed E-state index contributed by atoms with van der Waals surface area (Å²) in [5.74, 6) is -0.921. The first-order valence-corrected chi connectivity index (χ1v) is 10.6. The third-order valence-electron chi connectivity index (χ3n) is 5.41. The fourth-order valence-electron chi connectivity index (χ4n) is 3.85.